The number of amides is 2. The molecule has 0 saturated carbocycles. The van der Waals surface area contributed by atoms with E-state index < -0.39 is 0 Å². The van der Waals surface area contributed by atoms with Crippen molar-refractivity contribution in [2.75, 3.05) is 5.32 Å². The Bertz CT molecular complexity index is 653. The number of anilines is 1. The first kappa shape index (κ1) is 15.4. The van der Waals surface area contributed by atoms with E-state index in [4.69, 9.17) is 11.6 Å². The second kappa shape index (κ2) is 6.22. The van der Waals surface area contributed by atoms with E-state index in [1.54, 1.807) is 0 Å². The Labute approximate surface area is 130 Å². The van der Waals surface area contributed by atoms with E-state index in [9.17, 15) is 4.79 Å². The summed E-state index contributed by atoms with van der Waals surface area (Å²) in [5, 5.41) is 6.21. The smallest absolute Gasteiger partial charge is 0.319 e. The maximum atomic E-state index is 12.0. The van der Waals surface area contributed by atoms with Crippen molar-refractivity contribution in [3.63, 3.8) is 0 Å². The van der Waals surface area contributed by atoms with E-state index in [2.05, 4.69) is 10.6 Å². The lowest BCUT2D eigenvalue weighted by Crippen LogP contribution is -2.29. The Balaban J connectivity index is 2.01. The Morgan fingerprint density at radius 3 is 2.52 bits per heavy atom. The predicted molar refractivity (Wildman–Crippen MR) is 86.9 cm³/mol. The van der Waals surface area contributed by atoms with Crippen LogP contribution < -0.4 is 10.6 Å². The molecule has 1 aromatic heterocycles. The van der Waals surface area contributed by atoms with Crippen molar-refractivity contribution in [1.82, 2.24) is 9.88 Å². The van der Waals surface area contributed by atoms with Gasteiger partial charge in [-0.1, -0.05) is 17.7 Å². The molecule has 1 heterocycles. The Hall–Kier alpha value is -1.94. The van der Waals surface area contributed by atoms with Crippen LogP contribution in [0.3, 0.4) is 0 Å². The number of hydrogen-bond acceptors (Lipinski definition) is 1. The number of benzene rings is 1. The number of carbonyl (C=O) groups excluding carboxylic acids is 1. The van der Waals surface area contributed by atoms with Crippen LogP contribution in [0.2, 0.25) is 5.02 Å². The van der Waals surface area contributed by atoms with E-state index >= 15 is 0 Å². The van der Waals surface area contributed by atoms with Crippen molar-refractivity contribution >= 4 is 23.3 Å². The molecule has 0 atom stereocenters. The molecule has 4 nitrogen and oxygen atoms in total. The zero-order valence-corrected chi connectivity index (χ0v) is 13.5. The minimum absolute atomic E-state index is 0.261. The van der Waals surface area contributed by atoms with Crippen molar-refractivity contribution in [3.05, 3.63) is 51.8 Å². The van der Waals surface area contributed by atoms with E-state index in [1.165, 1.54) is 0 Å². The van der Waals surface area contributed by atoms with Gasteiger partial charge in [0, 0.05) is 18.4 Å². The molecule has 0 radical (unpaired) electrons. The van der Waals surface area contributed by atoms with Crippen LogP contribution in [0.1, 0.15) is 22.5 Å². The normalized spacial score (nSPS) is 10.5. The summed E-state index contributed by atoms with van der Waals surface area (Å²) in [4.78, 5) is 12.0. The molecule has 1 aromatic carbocycles. The summed E-state index contributed by atoms with van der Waals surface area (Å²) in [6.45, 7) is 6.40. The third-order valence-electron chi connectivity index (χ3n) is 3.58. The second-order valence-corrected chi connectivity index (χ2v) is 5.68. The third-order valence-corrected chi connectivity index (χ3v) is 3.88. The number of nitrogens with zero attached hydrogens (tertiary/aromatic N) is 1. The number of halogens is 1. The number of rotatable bonds is 3. The lowest BCUT2D eigenvalue weighted by molar-refractivity contribution is 0.251. The van der Waals surface area contributed by atoms with Crippen LogP contribution >= 0.6 is 11.6 Å². The molecule has 0 fully saturated rings. The monoisotopic (exact) mass is 305 g/mol. The molecular formula is C16H20ClN3O. The van der Waals surface area contributed by atoms with E-state index in [0.29, 0.717) is 17.3 Å². The summed E-state index contributed by atoms with van der Waals surface area (Å²) in [6.07, 6.45) is 0. The van der Waals surface area contributed by atoms with Gasteiger partial charge in [0.2, 0.25) is 0 Å². The van der Waals surface area contributed by atoms with Crippen LogP contribution in [0.4, 0.5) is 10.5 Å². The zero-order chi connectivity index (χ0) is 15.6. The SMILES string of the molecule is Cc1cc(C)c(NC(=O)NCc2ccc(C)n2C)c(Cl)c1. The van der Waals surface area contributed by atoms with Crippen LogP contribution in [0.25, 0.3) is 0 Å². The number of nitrogens with one attached hydrogen (secondary N) is 2. The van der Waals surface area contributed by atoms with E-state index in [-0.39, 0.29) is 6.03 Å². The van der Waals surface area contributed by atoms with Gasteiger partial charge in [0.1, 0.15) is 0 Å². The minimum atomic E-state index is -0.261. The van der Waals surface area contributed by atoms with Gasteiger partial charge in [-0.3, -0.25) is 0 Å². The second-order valence-electron chi connectivity index (χ2n) is 5.27. The standard InChI is InChI=1S/C16H20ClN3O/c1-10-7-11(2)15(14(17)8-10)19-16(21)18-9-13-6-5-12(3)20(13)4/h5-8H,9H2,1-4H3,(H2,18,19,21). The van der Waals surface area contributed by atoms with Crippen molar-refractivity contribution in [2.24, 2.45) is 7.05 Å². The first-order chi connectivity index (χ1) is 9.88. The Morgan fingerprint density at radius 2 is 1.95 bits per heavy atom. The lowest BCUT2D eigenvalue weighted by atomic mass is 10.1. The van der Waals surface area contributed by atoms with Gasteiger partial charge in [-0.25, -0.2) is 4.79 Å². The molecule has 2 N–H and O–H groups in total. The molecule has 0 aliphatic rings. The first-order valence-electron chi connectivity index (χ1n) is 6.81. The summed E-state index contributed by atoms with van der Waals surface area (Å²) >= 11 is 6.18. The van der Waals surface area contributed by atoms with Crippen LogP contribution in [-0.4, -0.2) is 10.6 Å². The average Bonchev–Trinajstić information content (AvgIpc) is 2.72. The summed E-state index contributed by atoms with van der Waals surface area (Å²) in [5.74, 6) is 0. The fraction of sp³-hybridized carbons (Fsp3) is 0.312. The van der Waals surface area contributed by atoms with E-state index in [1.807, 2.05) is 56.7 Å². The highest BCUT2D eigenvalue weighted by atomic mass is 35.5. The number of aromatic nitrogens is 1. The van der Waals surface area contributed by atoms with Crippen LogP contribution in [0.5, 0.6) is 0 Å². The largest absolute Gasteiger partial charge is 0.350 e. The molecule has 0 bridgehead atoms. The van der Waals surface area contributed by atoms with Crippen molar-refractivity contribution in [3.8, 4) is 0 Å². The average molecular weight is 306 g/mol. The molecule has 5 heteroatoms. The molecule has 0 aliphatic carbocycles. The molecule has 2 rings (SSSR count). The van der Waals surface area contributed by atoms with Crippen LogP contribution in [-0.2, 0) is 13.6 Å². The molecule has 112 valence electrons. The number of urea groups is 1. The molecule has 0 saturated heterocycles. The summed E-state index contributed by atoms with van der Waals surface area (Å²) in [5.41, 5.74) is 4.88. The van der Waals surface area contributed by atoms with Gasteiger partial charge in [0.25, 0.3) is 0 Å². The molecule has 2 amide bonds. The van der Waals surface area contributed by atoms with Crippen molar-refractivity contribution in [1.29, 1.82) is 0 Å². The molecule has 0 spiro atoms. The minimum Gasteiger partial charge on any atom is -0.350 e. The maximum Gasteiger partial charge on any atom is 0.319 e. The van der Waals surface area contributed by atoms with Gasteiger partial charge in [0.05, 0.1) is 17.3 Å². The van der Waals surface area contributed by atoms with Crippen molar-refractivity contribution in [2.45, 2.75) is 27.3 Å². The highest BCUT2D eigenvalue weighted by molar-refractivity contribution is 6.34. The highest BCUT2D eigenvalue weighted by Crippen LogP contribution is 2.27. The van der Waals surface area contributed by atoms with Gasteiger partial charge < -0.3 is 15.2 Å². The quantitative estimate of drug-likeness (QED) is 0.887. The van der Waals surface area contributed by atoms with Gasteiger partial charge in [-0.05, 0) is 50.1 Å². The Kier molecular flexibility index (Phi) is 4.58. The van der Waals surface area contributed by atoms with Crippen LogP contribution in [0, 0.1) is 20.8 Å². The summed E-state index contributed by atoms with van der Waals surface area (Å²) in [7, 11) is 1.98. The number of carbonyl (C=O) groups is 1. The fourth-order valence-corrected chi connectivity index (χ4v) is 2.62. The lowest BCUT2D eigenvalue weighted by Gasteiger charge is -2.13. The topological polar surface area (TPSA) is 46.1 Å². The molecular weight excluding hydrogens is 286 g/mol. The van der Waals surface area contributed by atoms with Gasteiger partial charge in [-0.15, -0.1) is 0 Å². The fourth-order valence-electron chi connectivity index (χ4n) is 2.25. The summed E-state index contributed by atoms with van der Waals surface area (Å²) < 4.78 is 2.05. The highest BCUT2D eigenvalue weighted by Gasteiger charge is 2.10. The first-order valence-corrected chi connectivity index (χ1v) is 7.19. The summed E-state index contributed by atoms with van der Waals surface area (Å²) in [6, 6.07) is 7.59. The molecule has 0 unspecified atom stereocenters. The van der Waals surface area contributed by atoms with E-state index in [0.717, 1.165) is 22.5 Å². The molecule has 21 heavy (non-hydrogen) atoms. The molecule has 2 aromatic rings. The maximum absolute atomic E-state index is 12.0. The number of aryl methyl sites for hydroxylation is 3. The zero-order valence-electron chi connectivity index (χ0n) is 12.7. The molecule has 0 aliphatic heterocycles. The predicted octanol–water partition coefficient (Wildman–Crippen LogP) is 3.93. The van der Waals surface area contributed by atoms with Crippen molar-refractivity contribution < 1.29 is 4.79 Å². The van der Waals surface area contributed by atoms with Gasteiger partial charge in [-0.2, -0.15) is 0 Å². The Morgan fingerprint density at radius 1 is 1.24 bits per heavy atom. The van der Waals surface area contributed by atoms with Gasteiger partial charge >= 0.3 is 6.03 Å². The number of hydrogen-bond donors (Lipinski definition) is 2. The third kappa shape index (κ3) is 3.58. The van der Waals surface area contributed by atoms with Crippen LogP contribution in [0.15, 0.2) is 24.3 Å². The van der Waals surface area contributed by atoms with Gasteiger partial charge in [0.15, 0.2) is 0 Å².